The SMILES string of the molecule is O=C(NC1CCCCC1)C(Cc1ccccc1)N(Cc1ccc(Cl)cc1Cl)C(=O)CN(c1ccc(Cl)cc1)S(=O)(=O)c1ccccc1. The van der Waals surface area contributed by atoms with Crippen LogP contribution < -0.4 is 9.62 Å². The van der Waals surface area contributed by atoms with Gasteiger partial charge in [0.2, 0.25) is 11.8 Å². The van der Waals surface area contributed by atoms with Crippen LogP contribution in [-0.4, -0.2) is 43.8 Å². The molecule has 0 aliphatic heterocycles. The van der Waals surface area contributed by atoms with E-state index in [1.165, 1.54) is 17.0 Å². The molecule has 0 spiro atoms. The molecule has 0 bridgehead atoms. The number of nitrogens with zero attached hydrogens (tertiary/aromatic N) is 2. The molecule has 5 rings (SSSR count). The number of anilines is 1. The van der Waals surface area contributed by atoms with Crippen molar-refractivity contribution in [1.82, 2.24) is 10.2 Å². The van der Waals surface area contributed by atoms with Gasteiger partial charge in [0.05, 0.1) is 10.6 Å². The maximum Gasteiger partial charge on any atom is 0.264 e. The van der Waals surface area contributed by atoms with E-state index in [-0.39, 0.29) is 35.5 Å². The lowest BCUT2D eigenvalue weighted by Gasteiger charge is -2.35. The fourth-order valence-corrected chi connectivity index (χ4v) is 7.82. The summed E-state index contributed by atoms with van der Waals surface area (Å²) in [4.78, 5) is 30.3. The summed E-state index contributed by atoms with van der Waals surface area (Å²) in [5.74, 6) is -0.881. The highest BCUT2D eigenvalue weighted by molar-refractivity contribution is 7.92. The van der Waals surface area contributed by atoms with E-state index >= 15 is 0 Å². The first-order chi connectivity index (χ1) is 22.6. The fourth-order valence-electron chi connectivity index (χ4n) is 5.79. The molecule has 1 aliphatic carbocycles. The summed E-state index contributed by atoms with van der Waals surface area (Å²) in [7, 11) is -4.21. The highest BCUT2D eigenvalue weighted by Gasteiger charge is 2.35. The third-order valence-corrected chi connectivity index (χ3v) is 10.9. The third-order valence-electron chi connectivity index (χ3n) is 8.30. The van der Waals surface area contributed by atoms with Gasteiger partial charge in [0.25, 0.3) is 10.0 Å². The van der Waals surface area contributed by atoms with Gasteiger partial charge in [0, 0.05) is 34.1 Å². The van der Waals surface area contributed by atoms with Gasteiger partial charge in [-0.2, -0.15) is 0 Å². The third kappa shape index (κ3) is 9.08. The summed E-state index contributed by atoms with van der Waals surface area (Å²) >= 11 is 18.9. The lowest BCUT2D eigenvalue weighted by atomic mass is 9.94. The summed E-state index contributed by atoms with van der Waals surface area (Å²) in [5.41, 5.74) is 1.67. The number of halogens is 3. The lowest BCUT2D eigenvalue weighted by Crippen LogP contribution is -2.55. The van der Waals surface area contributed by atoms with Crippen LogP contribution >= 0.6 is 34.8 Å². The summed E-state index contributed by atoms with van der Waals surface area (Å²) in [6, 6.07) is 27.6. The second-order valence-electron chi connectivity index (χ2n) is 11.6. The molecule has 1 unspecified atom stereocenters. The van der Waals surface area contributed by atoms with E-state index in [0.29, 0.717) is 20.6 Å². The first kappa shape index (κ1) is 34.8. The second-order valence-corrected chi connectivity index (χ2v) is 14.7. The number of sulfonamides is 1. The molecule has 1 atom stereocenters. The molecular formula is C36H36Cl3N3O4S. The van der Waals surface area contributed by atoms with Gasteiger partial charge in [0.1, 0.15) is 12.6 Å². The molecular weight excluding hydrogens is 677 g/mol. The molecule has 11 heteroatoms. The van der Waals surface area contributed by atoms with Gasteiger partial charge in [-0.25, -0.2) is 8.42 Å². The maximum atomic E-state index is 14.6. The van der Waals surface area contributed by atoms with Gasteiger partial charge >= 0.3 is 0 Å². The number of rotatable bonds is 12. The van der Waals surface area contributed by atoms with Crippen molar-refractivity contribution in [1.29, 1.82) is 0 Å². The molecule has 0 saturated heterocycles. The fraction of sp³-hybridized carbons (Fsp3) is 0.278. The zero-order valence-corrected chi connectivity index (χ0v) is 28.8. The minimum atomic E-state index is -4.21. The van der Waals surface area contributed by atoms with Crippen molar-refractivity contribution in [3.63, 3.8) is 0 Å². The normalized spacial score (nSPS) is 14.3. The van der Waals surface area contributed by atoms with Crippen LogP contribution in [0.5, 0.6) is 0 Å². The van der Waals surface area contributed by atoms with Crippen molar-refractivity contribution in [2.75, 3.05) is 10.8 Å². The molecule has 0 aromatic heterocycles. The Labute approximate surface area is 291 Å². The highest BCUT2D eigenvalue weighted by atomic mass is 35.5. The molecule has 1 saturated carbocycles. The summed E-state index contributed by atoms with van der Waals surface area (Å²) in [6.07, 6.45) is 5.09. The van der Waals surface area contributed by atoms with E-state index in [4.69, 9.17) is 34.8 Å². The van der Waals surface area contributed by atoms with Gasteiger partial charge in [0.15, 0.2) is 0 Å². The molecule has 1 aliphatic rings. The zero-order chi connectivity index (χ0) is 33.4. The number of nitrogens with one attached hydrogen (secondary N) is 1. The molecule has 4 aromatic carbocycles. The average Bonchev–Trinajstić information content (AvgIpc) is 3.07. The molecule has 0 radical (unpaired) electrons. The van der Waals surface area contributed by atoms with Gasteiger partial charge in [-0.15, -0.1) is 0 Å². The summed E-state index contributed by atoms with van der Waals surface area (Å²) < 4.78 is 29.2. The minimum Gasteiger partial charge on any atom is -0.352 e. The Morgan fingerprint density at radius 1 is 0.787 bits per heavy atom. The predicted molar refractivity (Wildman–Crippen MR) is 188 cm³/mol. The average molecular weight is 713 g/mol. The van der Waals surface area contributed by atoms with Crippen LogP contribution in [0.4, 0.5) is 5.69 Å². The number of hydrogen-bond acceptors (Lipinski definition) is 4. The number of carbonyl (C=O) groups excluding carboxylic acids is 2. The molecule has 246 valence electrons. The summed E-state index contributed by atoms with van der Waals surface area (Å²) in [6.45, 7) is -0.629. The van der Waals surface area contributed by atoms with Crippen molar-refractivity contribution < 1.29 is 18.0 Å². The van der Waals surface area contributed by atoms with Crippen LogP contribution in [0.25, 0.3) is 0 Å². The van der Waals surface area contributed by atoms with Gasteiger partial charge < -0.3 is 10.2 Å². The Morgan fingerprint density at radius 2 is 1.40 bits per heavy atom. The topological polar surface area (TPSA) is 86.8 Å². The van der Waals surface area contributed by atoms with Gasteiger partial charge in [-0.05, 0) is 72.5 Å². The Hall–Kier alpha value is -3.56. The molecule has 7 nitrogen and oxygen atoms in total. The zero-order valence-electron chi connectivity index (χ0n) is 25.7. The van der Waals surface area contributed by atoms with Crippen molar-refractivity contribution >= 4 is 62.3 Å². The van der Waals surface area contributed by atoms with E-state index in [1.54, 1.807) is 60.7 Å². The van der Waals surface area contributed by atoms with Crippen LogP contribution in [0.15, 0.2) is 108 Å². The van der Waals surface area contributed by atoms with E-state index < -0.39 is 28.5 Å². The monoisotopic (exact) mass is 711 g/mol. The Balaban J connectivity index is 1.57. The van der Waals surface area contributed by atoms with E-state index in [0.717, 1.165) is 42.0 Å². The van der Waals surface area contributed by atoms with E-state index in [2.05, 4.69) is 5.32 Å². The molecule has 2 amide bonds. The van der Waals surface area contributed by atoms with Crippen molar-refractivity contribution in [3.8, 4) is 0 Å². The lowest BCUT2D eigenvalue weighted by molar-refractivity contribution is -0.140. The highest BCUT2D eigenvalue weighted by Crippen LogP contribution is 2.28. The van der Waals surface area contributed by atoms with Crippen LogP contribution in [0.3, 0.4) is 0 Å². The number of benzene rings is 4. The first-order valence-electron chi connectivity index (χ1n) is 15.5. The molecule has 0 heterocycles. The van der Waals surface area contributed by atoms with Crippen LogP contribution in [0.1, 0.15) is 43.2 Å². The Bertz CT molecular complexity index is 1770. The Morgan fingerprint density at radius 3 is 2.04 bits per heavy atom. The molecule has 4 aromatic rings. The quantitative estimate of drug-likeness (QED) is 0.162. The summed E-state index contributed by atoms with van der Waals surface area (Å²) in [5, 5.41) is 4.37. The molecule has 1 N–H and O–H groups in total. The first-order valence-corrected chi connectivity index (χ1v) is 18.1. The van der Waals surface area contributed by atoms with Crippen molar-refractivity contribution in [2.45, 2.75) is 62.0 Å². The standard InChI is InChI=1S/C36H36Cl3N3O4S/c37-28-18-20-31(21-19-28)42(47(45,46)32-14-8-3-9-15-32)25-35(43)41(24-27-16-17-29(38)23-33(27)39)34(22-26-10-4-1-5-11-26)36(44)40-30-12-6-2-7-13-30/h1,3-5,8-11,14-21,23,30,34H,2,6-7,12-13,22,24-25H2,(H,40,44). The molecule has 47 heavy (non-hydrogen) atoms. The van der Waals surface area contributed by atoms with Gasteiger partial charge in [-0.3, -0.25) is 13.9 Å². The van der Waals surface area contributed by atoms with Crippen LogP contribution in [0.2, 0.25) is 15.1 Å². The smallest absolute Gasteiger partial charge is 0.264 e. The maximum absolute atomic E-state index is 14.6. The van der Waals surface area contributed by atoms with Gasteiger partial charge in [-0.1, -0.05) is 109 Å². The van der Waals surface area contributed by atoms with Crippen molar-refractivity contribution in [3.05, 3.63) is 129 Å². The number of amides is 2. The van der Waals surface area contributed by atoms with Crippen LogP contribution in [0, 0.1) is 0 Å². The van der Waals surface area contributed by atoms with Crippen molar-refractivity contribution in [2.24, 2.45) is 0 Å². The second kappa shape index (κ2) is 16.0. The Kier molecular flexibility index (Phi) is 11.9. The van der Waals surface area contributed by atoms with E-state index in [1.807, 2.05) is 30.3 Å². The molecule has 1 fully saturated rings. The van der Waals surface area contributed by atoms with Crippen LogP contribution in [-0.2, 0) is 32.6 Å². The van der Waals surface area contributed by atoms with E-state index in [9.17, 15) is 18.0 Å². The number of hydrogen-bond donors (Lipinski definition) is 1. The largest absolute Gasteiger partial charge is 0.352 e. The number of carbonyl (C=O) groups is 2. The predicted octanol–water partition coefficient (Wildman–Crippen LogP) is 7.93. The minimum absolute atomic E-state index is 0.00498.